The van der Waals surface area contributed by atoms with Crippen molar-refractivity contribution in [3.63, 3.8) is 0 Å². The topological polar surface area (TPSA) is 77.6 Å². The second-order valence-electron chi connectivity index (χ2n) is 7.50. The summed E-state index contributed by atoms with van der Waals surface area (Å²) < 4.78 is 14.7. The van der Waals surface area contributed by atoms with E-state index in [1.165, 1.54) is 11.0 Å². The first-order valence-electron chi connectivity index (χ1n) is 10.1. The summed E-state index contributed by atoms with van der Waals surface area (Å²) in [4.78, 5) is 35.4. The van der Waals surface area contributed by atoms with Gasteiger partial charge in [-0.25, -0.2) is 9.38 Å². The number of carbonyl (C=O) groups excluding carboxylic acids is 2. The van der Waals surface area contributed by atoms with Crippen LogP contribution in [-0.4, -0.2) is 35.7 Å². The van der Waals surface area contributed by atoms with Crippen molar-refractivity contribution in [2.45, 2.75) is 6.17 Å². The molecule has 2 heterocycles. The molecule has 0 fully saturated rings. The molecule has 32 heavy (non-hydrogen) atoms. The third-order valence-electron chi connectivity index (χ3n) is 5.57. The number of amides is 2. The van der Waals surface area contributed by atoms with Gasteiger partial charge in [0.1, 0.15) is 5.82 Å². The highest BCUT2D eigenvalue weighted by atomic mass is 19.1. The molecule has 0 saturated carbocycles. The largest absolute Gasteiger partial charge is 0.360 e. The Balaban J connectivity index is 1.60. The van der Waals surface area contributed by atoms with Gasteiger partial charge in [0.25, 0.3) is 11.8 Å². The van der Waals surface area contributed by atoms with Gasteiger partial charge in [-0.15, -0.1) is 0 Å². The number of benzene rings is 3. The van der Waals surface area contributed by atoms with Crippen LogP contribution in [0.15, 0.2) is 84.0 Å². The number of H-pyrrole nitrogens is 1. The predicted molar refractivity (Wildman–Crippen MR) is 121 cm³/mol. The van der Waals surface area contributed by atoms with E-state index < -0.39 is 23.8 Å². The van der Waals surface area contributed by atoms with Crippen molar-refractivity contribution >= 4 is 34.1 Å². The molecule has 4 aromatic rings. The second-order valence-corrected chi connectivity index (χ2v) is 7.50. The van der Waals surface area contributed by atoms with E-state index in [2.05, 4.69) is 15.3 Å². The molecule has 0 bridgehead atoms. The highest BCUT2D eigenvalue weighted by Crippen LogP contribution is 2.28. The minimum atomic E-state index is -1.22. The first-order chi connectivity index (χ1) is 15.5. The average molecular weight is 426 g/mol. The van der Waals surface area contributed by atoms with Crippen LogP contribution in [-0.2, 0) is 4.79 Å². The number of fused-ring (bicyclic) bond motifs is 2. The Labute approximate surface area is 183 Å². The standard InChI is InChI=1S/C25H19FN4O2/c1-30-21-13-7-4-10-17(21)22(16-9-2-5-11-19(16)26)28-23(25(30)32)29-24(31)18-14-27-20-12-6-3-8-15(18)20/h2-14,23,27H,1H3,(H,29,31). The number of aliphatic imine (C=N–C) groups is 1. The van der Waals surface area contributed by atoms with Crippen molar-refractivity contribution in [2.24, 2.45) is 4.99 Å². The van der Waals surface area contributed by atoms with Crippen LogP contribution in [0.3, 0.4) is 0 Å². The number of para-hydroxylation sites is 2. The summed E-state index contributed by atoms with van der Waals surface area (Å²) in [7, 11) is 1.62. The zero-order valence-corrected chi connectivity index (χ0v) is 17.2. The van der Waals surface area contributed by atoms with Crippen molar-refractivity contribution in [1.29, 1.82) is 0 Å². The summed E-state index contributed by atoms with van der Waals surface area (Å²) in [5.74, 6) is -1.33. The summed E-state index contributed by atoms with van der Waals surface area (Å²) in [5.41, 5.74) is 2.97. The van der Waals surface area contributed by atoms with Crippen molar-refractivity contribution in [1.82, 2.24) is 10.3 Å². The highest BCUT2D eigenvalue weighted by molar-refractivity contribution is 6.20. The molecule has 1 aliphatic heterocycles. The van der Waals surface area contributed by atoms with Gasteiger partial charge in [0.2, 0.25) is 6.17 Å². The molecule has 158 valence electrons. The number of carbonyl (C=O) groups is 2. The van der Waals surface area contributed by atoms with E-state index in [4.69, 9.17) is 0 Å². The van der Waals surface area contributed by atoms with Crippen LogP contribution in [0.25, 0.3) is 10.9 Å². The van der Waals surface area contributed by atoms with Gasteiger partial charge in [-0.05, 0) is 24.3 Å². The van der Waals surface area contributed by atoms with Crippen LogP contribution in [0, 0.1) is 5.82 Å². The summed E-state index contributed by atoms with van der Waals surface area (Å²) in [6.45, 7) is 0. The van der Waals surface area contributed by atoms with Gasteiger partial charge >= 0.3 is 0 Å². The van der Waals surface area contributed by atoms with Crippen molar-refractivity contribution in [2.75, 3.05) is 11.9 Å². The summed E-state index contributed by atoms with van der Waals surface area (Å²) >= 11 is 0. The first kappa shape index (κ1) is 19.7. The van der Waals surface area contributed by atoms with E-state index in [1.807, 2.05) is 24.3 Å². The summed E-state index contributed by atoms with van der Waals surface area (Å²) in [6.07, 6.45) is 0.379. The first-order valence-corrected chi connectivity index (χ1v) is 10.1. The molecule has 2 amide bonds. The van der Waals surface area contributed by atoms with Crippen LogP contribution in [0.5, 0.6) is 0 Å². The average Bonchev–Trinajstić information content (AvgIpc) is 3.22. The van der Waals surface area contributed by atoms with E-state index in [1.54, 1.807) is 55.7 Å². The zero-order chi connectivity index (χ0) is 22.2. The zero-order valence-electron chi connectivity index (χ0n) is 17.2. The van der Waals surface area contributed by atoms with Gasteiger partial charge in [-0.2, -0.15) is 0 Å². The third-order valence-corrected chi connectivity index (χ3v) is 5.57. The molecular weight excluding hydrogens is 407 g/mol. The van der Waals surface area contributed by atoms with Crippen LogP contribution in [0.1, 0.15) is 21.5 Å². The fraction of sp³-hybridized carbons (Fsp3) is 0.0800. The smallest absolute Gasteiger partial charge is 0.272 e. The molecule has 7 heteroatoms. The third kappa shape index (κ3) is 3.24. The van der Waals surface area contributed by atoms with Gasteiger partial charge in [0, 0.05) is 35.3 Å². The van der Waals surface area contributed by atoms with Crippen molar-refractivity contribution in [3.8, 4) is 0 Å². The number of anilines is 1. The molecule has 5 rings (SSSR count). The van der Waals surface area contributed by atoms with Gasteiger partial charge < -0.3 is 15.2 Å². The number of nitrogens with one attached hydrogen (secondary N) is 2. The summed E-state index contributed by atoms with van der Waals surface area (Å²) in [5, 5.41) is 3.46. The maximum absolute atomic E-state index is 14.7. The lowest BCUT2D eigenvalue weighted by molar-refractivity contribution is -0.119. The molecule has 1 unspecified atom stereocenters. The van der Waals surface area contributed by atoms with Crippen LogP contribution in [0.2, 0.25) is 0 Å². The molecule has 1 aromatic heterocycles. The molecular formula is C25H19FN4O2. The number of likely N-dealkylation sites (N-methyl/N-ethyl adjacent to an activating group) is 1. The molecule has 2 N–H and O–H groups in total. The van der Waals surface area contributed by atoms with Gasteiger partial charge in [-0.3, -0.25) is 9.59 Å². The maximum atomic E-state index is 14.7. The van der Waals surface area contributed by atoms with E-state index in [9.17, 15) is 14.0 Å². The van der Waals surface area contributed by atoms with Crippen LogP contribution in [0.4, 0.5) is 10.1 Å². The van der Waals surface area contributed by atoms with Gasteiger partial charge in [-0.1, -0.05) is 48.5 Å². The number of rotatable bonds is 3. The fourth-order valence-electron chi connectivity index (χ4n) is 3.95. The number of benzodiazepines with no additional fused rings is 1. The maximum Gasteiger partial charge on any atom is 0.272 e. The van der Waals surface area contributed by atoms with Gasteiger partial charge in [0.15, 0.2) is 0 Å². The molecule has 1 aliphatic rings. The Morgan fingerprint density at radius 3 is 2.50 bits per heavy atom. The van der Waals surface area contributed by atoms with E-state index in [0.717, 1.165) is 10.9 Å². The number of aromatic nitrogens is 1. The van der Waals surface area contributed by atoms with E-state index >= 15 is 0 Å². The molecule has 0 aliphatic carbocycles. The Morgan fingerprint density at radius 2 is 1.69 bits per heavy atom. The van der Waals surface area contributed by atoms with Crippen molar-refractivity contribution in [3.05, 3.63) is 102 Å². The molecule has 6 nitrogen and oxygen atoms in total. The minimum absolute atomic E-state index is 0.259. The highest BCUT2D eigenvalue weighted by Gasteiger charge is 2.32. The summed E-state index contributed by atoms with van der Waals surface area (Å²) in [6, 6.07) is 20.8. The fourth-order valence-corrected chi connectivity index (χ4v) is 3.95. The van der Waals surface area contributed by atoms with Crippen molar-refractivity contribution < 1.29 is 14.0 Å². The lowest BCUT2D eigenvalue weighted by Crippen LogP contribution is -2.46. The molecule has 1 atom stereocenters. The molecule has 0 radical (unpaired) electrons. The lowest BCUT2D eigenvalue weighted by atomic mass is 10.00. The predicted octanol–water partition coefficient (Wildman–Crippen LogP) is 3.88. The van der Waals surface area contributed by atoms with Gasteiger partial charge in [0.05, 0.1) is 17.0 Å². The van der Waals surface area contributed by atoms with E-state index in [0.29, 0.717) is 22.5 Å². The number of nitrogens with zero attached hydrogens (tertiary/aromatic N) is 2. The minimum Gasteiger partial charge on any atom is -0.360 e. The van der Waals surface area contributed by atoms with E-state index in [-0.39, 0.29) is 5.56 Å². The number of hydrogen-bond donors (Lipinski definition) is 2. The SMILES string of the molecule is CN1C(=O)C(NC(=O)c2c[nH]c3ccccc23)N=C(c2ccccc2F)c2ccccc21. The Morgan fingerprint density at radius 1 is 1.00 bits per heavy atom. The number of aromatic amines is 1. The van der Waals surface area contributed by atoms with Crippen LogP contribution < -0.4 is 10.2 Å². The van der Waals surface area contributed by atoms with Crippen LogP contribution >= 0.6 is 0 Å². The molecule has 0 spiro atoms. The monoisotopic (exact) mass is 426 g/mol. The molecule has 3 aromatic carbocycles. The Kier molecular flexibility index (Phi) is 4.78. The normalized spacial score (nSPS) is 15.8. The Hall–Kier alpha value is -4.26. The quantitative estimate of drug-likeness (QED) is 0.522. The lowest BCUT2D eigenvalue weighted by Gasteiger charge is -2.20. The molecule has 0 saturated heterocycles. The number of halogens is 1. The second kappa shape index (κ2) is 7.77. The number of hydrogen-bond acceptors (Lipinski definition) is 3. The Bertz CT molecular complexity index is 1390.